The molecule has 5 heteroatoms. The van der Waals surface area contributed by atoms with Crippen LogP contribution in [0.25, 0.3) is 11.0 Å². The van der Waals surface area contributed by atoms with Gasteiger partial charge in [-0.2, -0.15) is 0 Å². The zero-order valence-electron chi connectivity index (χ0n) is 11.0. The van der Waals surface area contributed by atoms with Gasteiger partial charge in [-0.15, -0.1) is 0 Å². The van der Waals surface area contributed by atoms with E-state index in [9.17, 15) is 9.59 Å². The summed E-state index contributed by atoms with van der Waals surface area (Å²) in [6.45, 7) is 0.338. The van der Waals surface area contributed by atoms with Crippen molar-refractivity contribution in [3.8, 4) is 0 Å². The Bertz CT molecular complexity index is 872. The summed E-state index contributed by atoms with van der Waals surface area (Å²) in [4.78, 5) is 28.1. The van der Waals surface area contributed by atoms with E-state index in [1.54, 1.807) is 18.3 Å². The Labute approximate surface area is 125 Å². The topological polar surface area (TPSA) is 52.0 Å². The molecule has 3 rings (SSSR count). The fourth-order valence-electron chi connectivity index (χ4n) is 2.26. The quantitative estimate of drug-likeness (QED) is 0.699. The molecule has 2 heterocycles. The molecule has 0 saturated heterocycles. The van der Waals surface area contributed by atoms with E-state index in [4.69, 9.17) is 11.6 Å². The molecule has 1 aromatic carbocycles. The summed E-state index contributed by atoms with van der Waals surface area (Å²) in [5.74, 6) is 0. The van der Waals surface area contributed by atoms with Crippen LogP contribution >= 0.6 is 11.6 Å². The average molecular weight is 299 g/mol. The van der Waals surface area contributed by atoms with Crippen molar-refractivity contribution in [2.24, 2.45) is 0 Å². The van der Waals surface area contributed by atoms with Crippen LogP contribution < -0.4 is 5.56 Å². The molecule has 0 saturated carbocycles. The molecule has 21 heavy (non-hydrogen) atoms. The Hall–Kier alpha value is -2.46. The van der Waals surface area contributed by atoms with E-state index < -0.39 is 10.8 Å². The van der Waals surface area contributed by atoms with E-state index in [1.165, 1.54) is 10.6 Å². The van der Waals surface area contributed by atoms with Crippen molar-refractivity contribution in [1.82, 2.24) is 9.55 Å². The van der Waals surface area contributed by atoms with Crippen LogP contribution in [0.2, 0.25) is 0 Å². The molecule has 0 aliphatic carbocycles. The van der Waals surface area contributed by atoms with Gasteiger partial charge >= 0.3 is 0 Å². The van der Waals surface area contributed by atoms with E-state index in [1.807, 2.05) is 30.3 Å². The first kappa shape index (κ1) is 13.5. The van der Waals surface area contributed by atoms with Gasteiger partial charge in [-0.05, 0) is 35.4 Å². The monoisotopic (exact) mass is 298 g/mol. The van der Waals surface area contributed by atoms with Gasteiger partial charge in [-0.1, -0.05) is 30.3 Å². The summed E-state index contributed by atoms with van der Waals surface area (Å²) in [6.07, 6.45) is 1.62. The molecule has 0 N–H and O–H groups in total. The Morgan fingerprint density at radius 3 is 2.62 bits per heavy atom. The maximum atomic E-state index is 12.4. The maximum absolute atomic E-state index is 12.4. The van der Waals surface area contributed by atoms with Crippen LogP contribution in [-0.2, 0) is 6.54 Å². The third kappa shape index (κ3) is 2.58. The van der Waals surface area contributed by atoms with Crippen molar-refractivity contribution >= 4 is 27.9 Å². The van der Waals surface area contributed by atoms with Gasteiger partial charge in [0, 0.05) is 11.6 Å². The van der Waals surface area contributed by atoms with Crippen LogP contribution in [0.1, 0.15) is 15.9 Å². The van der Waals surface area contributed by atoms with Crippen molar-refractivity contribution < 1.29 is 4.79 Å². The Morgan fingerprint density at radius 2 is 1.90 bits per heavy atom. The first-order valence-electron chi connectivity index (χ1n) is 6.39. The second-order valence-corrected chi connectivity index (χ2v) is 4.97. The molecule has 0 atom stereocenters. The SMILES string of the molecule is O=C(Cl)c1cc2cccnc2n(Cc2ccccc2)c1=O. The largest absolute Gasteiger partial charge is 0.288 e. The lowest BCUT2D eigenvalue weighted by molar-refractivity contribution is 0.107. The number of aromatic nitrogens is 2. The molecule has 0 bridgehead atoms. The first-order chi connectivity index (χ1) is 10.2. The van der Waals surface area contributed by atoms with E-state index in [0.29, 0.717) is 17.6 Å². The molecule has 3 aromatic rings. The van der Waals surface area contributed by atoms with E-state index in [-0.39, 0.29) is 5.56 Å². The van der Waals surface area contributed by atoms with E-state index >= 15 is 0 Å². The van der Waals surface area contributed by atoms with Gasteiger partial charge in [-0.3, -0.25) is 14.2 Å². The molecule has 0 aliphatic rings. The van der Waals surface area contributed by atoms with Crippen molar-refractivity contribution in [1.29, 1.82) is 0 Å². The lowest BCUT2D eigenvalue weighted by atomic mass is 10.2. The third-order valence-electron chi connectivity index (χ3n) is 3.24. The number of nitrogens with zero attached hydrogens (tertiary/aromatic N) is 2. The van der Waals surface area contributed by atoms with Crippen LogP contribution in [0.5, 0.6) is 0 Å². The highest BCUT2D eigenvalue weighted by Crippen LogP contribution is 2.13. The van der Waals surface area contributed by atoms with Crippen LogP contribution in [-0.4, -0.2) is 14.8 Å². The van der Waals surface area contributed by atoms with E-state index in [0.717, 1.165) is 5.56 Å². The average Bonchev–Trinajstić information content (AvgIpc) is 2.50. The molecule has 0 radical (unpaired) electrons. The zero-order chi connectivity index (χ0) is 14.8. The van der Waals surface area contributed by atoms with Gasteiger partial charge in [0.25, 0.3) is 10.8 Å². The number of carbonyl (C=O) groups is 1. The van der Waals surface area contributed by atoms with Gasteiger partial charge in [0.2, 0.25) is 0 Å². The van der Waals surface area contributed by atoms with Gasteiger partial charge < -0.3 is 0 Å². The van der Waals surface area contributed by atoms with Crippen LogP contribution in [0.4, 0.5) is 0 Å². The lowest BCUT2D eigenvalue weighted by Gasteiger charge is -2.10. The molecule has 0 spiro atoms. The molecule has 104 valence electrons. The summed E-state index contributed by atoms with van der Waals surface area (Å²) >= 11 is 5.51. The number of carbonyl (C=O) groups excluding carboxylic acids is 1. The van der Waals surface area contributed by atoms with Crippen molar-refractivity contribution in [2.45, 2.75) is 6.54 Å². The zero-order valence-corrected chi connectivity index (χ0v) is 11.7. The molecule has 0 fully saturated rings. The van der Waals surface area contributed by atoms with Crippen LogP contribution in [0, 0.1) is 0 Å². The number of pyridine rings is 2. The molecule has 0 amide bonds. The number of rotatable bonds is 3. The fourth-order valence-corrected chi connectivity index (χ4v) is 2.40. The minimum absolute atomic E-state index is 0.0342. The van der Waals surface area contributed by atoms with Gasteiger partial charge in [-0.25, -0.2) is 4.98 Å². The standard InChI is InChI=1S/C16H11ClN2O2/c17-14(20)13-9-12-7-4-8-18-15(12)19(16(13)21)10-11-5-2-1-3-6-11/h1-9H,10H2. The number of hydrogen-bond acceptors (Lipinski definition) is 3. The van der Waals surface area contributed by atoms with E-state index in [2.05, 4.69) is 4.98 Å². The summed E-state index contributed by atoms with van der Waals surface area (Å²) in [7, 11) is 0. The summed E-state index contributed by atoms with van der Waals surface area (Å²) in [5.41, 5.74) is 1.02. The first-order valence-corrected chi connectivity index (χ1v) is 6.77. The molecule has 2 aromatic heterocycles. The molecular formula is C16H11ClN2O2. The molecular weight excluding hydrogens is 288 g/mol. The molecule has 4 nitrogen and oxygen atoms in total. The smallest absolute Gasteiger partial charge is 0.264 e. The fraction of sp³-hybridized carbons (Fsp3) is 0.0625. The van der Waals surface area contributed by atoms with Crippen LogP contribution in [0.3, 0.4) is 0 Å². The lowest BCUT2D eigenvalue weighted by Crippen LogP contribution is -2.26. The molecule has 0 aliphatic heterocycles. The second kappa shape index (κ2) is 5.50. The third-order valence-corrected chi connectivity index (χ3v) is 3.45. The highest BCUT2D eigenvalue weighted by molar-refractivity contribution is 6.67. The maximum Gasteiger partial charge on any atom is 0.264 e. The minimum Gasteiger partial charge on any atom is -0.288 e. The summed E-state index contributed by atoms with van der Waals surface area (Å²) < 4.78 is 1.47. The predicted octanol–water partition coefficient (Wildman–Crippen LogP) is 2.82. The predicted molar refractivity (Wildman–Crippen MR) is 81.7 cm³/mol. The summed E-state index contributed by atoms with van der Waals surface area (Å²) in [5, 5.41) is -0.0513. The van der Waals surface area contributed by atoms with Crippen molar-refractivity contribution in [3.05, 3.63) is 76.2 Å². The van der Waals surface area contributed by atoms with Gasteiger partial charge in [0.05, 0.1) is 6.54 Å². The van der Waals surface area contributed by atoms with Gasteiger partial charge in [0.1, 0.15) is 11.2 Å². The number of halogens is 1. The Balaban J connectivity index is 2.26. The van der Waals surface area contributed by atoms with Gasteiger partial charge in [0.15, 0.2) is 0 Å². The van der Waals surface area contributed by atoms with Crippen molar-refractivity contribution in [3.63, 3.8) is 0 Å². The van der Waals surface area contributed by atoms with Crippen LogP contribution in [0.15, 0.2) is 59.5 Å². The highest BCUT2D eigenvalue weighted by atomic mass is 35.5. The number of fused-ring (bicyclic) bond motifs is 1. The summed E-state index contributed by atoms with van der Waals surface area (Å²) in [6, 6.07) is 14.6. The molecule has 0 unspecified atom stereocenters. The number of hydrogen-bond donors (Lipinski definition) is 0. The Morgan fingerprint density at radius 1 is 1.14 bits per heavy atom. The normalized spacial score (nSPS) is 10.7. The van der Waals surface area contributed by atoms with Crippen molar-refractivity contribution in [2.75, 3.05) is 0 Å². The second-order valence-electron chi connectivity index (χ2n) is 4.62. The Kier molecular flexibility index (Phi) is 3.54. The number of benzene rings is 1. The highest BCUT2D eigenvalue weighted by Gasteiger charge is 2.14. The minimum atomic E-state index is -0.757.